The van der Waals surface area contributed by atoms with Gasteiger partial charge in [0, 0.05) is 48.7 Å². The van der Waals surface area contributed by atoms with E-state index in [0.29, 0.717) is 37.6 Å². The smallest absolute Gasteiger partial charge is 0.247 e. The van der Waals surface area contributed by atoms with Crippen LogP contribution in [0.3, 0.4) is 0 Å². The molecule has 0 spiro atoms. The zero-order valence-corrected chi connectivity index (χ0v) is 21.3. The van der Waals surface area contributed by atoms with Crippen LogP contribution in [0.4, 0.5) is 11.5 Å². The van der Waals surface area contributed by atoms with Gasteiger partial charge in [-0.2, -0.15) is 0 Å². The van der Waals surface area contributed by atoms with Crippen LogP contribution in [-0.4, -0.2) is 54.4 Å². The molecule has 2 aromatic rings. The molecule has 1 saturated carbocycles. The summed E-state index contributed by atoms with van der Waals surface area (Å²) in [5, 5.41) is 2.84. The first-order valence-electron chi connectivity index (χ1n) is 12.7. The fraction of sp³-hybridized carbons (Fsp3) is 0.321. The molecule has 1 saturated heterocycles. The van der Waals surface area contributed by atoms with Crippen molar-refractivity contribution in [3.8, 4) is 0 Å². The third-order valence-corrected chi connectivity index (χ3v) is 6.72. The minimum absolute atomic E-state index is 0.0518. The molecule has 10 heteroatoms. The Morgan fingerprint density at radius 1 is 1.18 bits per heavy atom. The van der Waals surface area contributed by atoms with Crippen molar-refractivity contribution in [1.29, 1.82) is 0 Å². The van der Waals surface area contributed by atoms with Gasteiger partial charge in [-0.3, -0.25) is 19.6 Å². The molecule has 1 aromatic carbocycles. The number of nitrogens with two attached hydrogens (primary N) is 3. The molecule has 1 aromatic heterocycles. The van der Waals surface area contributed by atoms with Gasteiger partial charge >= 0.3 is 0 Å². The maximum absolute atomic E-state index is 13.0. The summed E-state index contributed by atoms with van der Waals surface area (Å²) >= 11 is 0. The molecule has 2 aliphatic rings. The van der Waals surface area contributed by atoms with Crippen LogP contribution in [0, 0.1) is 5.92 Å². The molecule has 2 fully saturated rings. The van der Waals surface area contributed by atoms with Crippen molar-refractivity contribution < 1.29 is 9.59 Å². The predicted molar refractivity (Wildman–Crippen MR) is 152 cm³/mol. The Morgan fingerprint density at radius 3 is 2.76 bits per heavy atom. The van der Waals surface area contributed by atoms with Crippen molar-refractivity contribution in [2.24, 2.45) is 33.1 Å². The van der Waals surface area contributed by atoms with Gasteiger partial charge in [-0.15, -0.1) is 0 Å². The van der Waals surface area contributed by atoms with E-state index >= 15 is 0 Å². The number of carbonyl (C=O) groups excluding carboxylic acids is 2. The number of hydrogen-bond donors (Lipinski definition) is 4. The Bertz CT molecular complexity index is 1280. The zero-order chi connectivity index (χ0) is 27.0. The minimum Gasteiger partial charge on any atom is -0.405 e. The van der Waals surface area contributed by atoms with Crippen LogP contribution in [0.5, 0.6) is 0 Å². The highest BCUT2D eigenvalue weighted by atomic mass is 16.2. The van der Waals surface area contributed by atoms with Gasteiger partial charge in [0.25, 0.3) is 0 Å². The summed E-state index contributed by atoms with van der Waals surface area (Å²) in [6.07, 6.45) is 12.3. The van der Waals surface area contributed by atoms with E-state index in [-0.39, 0.29) is 24.2 Å². The number of carbonyl (C=O) groups is 2. The topological polar surface area (TPSA) is 165 Å². The molecule has 7 N–H and O–H groups in total. The molecule has 1 atom stereocenters. The number of aromatic nitrogens is 1. The SMILES string of the molecule is NC=CC=NCCN=CC(=CN)c1cccc(CC(=O)Nc2cc(N3CC[C@@](N)(C4CC4)C3=O)ccn2)c1. The number of amides is 2. The molecule has 0 bridgehead atoms. The molecule has 2 heterocycles. The largest absolute Gasteiger partial charge is 0.405 e. The molecule has 198 valence electrons. The number of benzene rings is 1. The van der Waals surface area contributed by atoms with Gasteiger partial charge in [0.15, 0.2) is 0 Å². The van der Waals surface area contributed by atoms with Crippen molar-refractivity contribution in [1.82, 2.24) is 4.98 Å². The monoisotopic (exact) mass is 514 g/mol. The molecule has 10 nitrogen and oxygen atoms in total. The van der Waals surface area contributed by atoms with Gasteiger partial charge < -0.3 is 27.4 Å². The van der Waals surface area contributed by atoms with E-state index in [2.05, 4.69) is 20.3 Å². The highest BCUT2D eigenvalue weighted by Crippen LogP contribution is 2.44. The van der Waals surface area contributed by atoms with E-state index in [0.717, 1.165) is 29.5 Å². The standard InChI is InChI=1S/C28H34N8O2/c29-9-2-10-32-12-13-33-19-22(18-30)21-4-1-3-20(15-21)16-26(37)35-25-17-24(7-11-34-25)36-14-8-28(31,27(36)38)23-5-6-23/h1-4,7,9-11,15,17-19,23H,5-6,8,12-14,16,29-31H2,(H,34,35,37)/t28-/m1/s1. The van der Waals surface area contributed by atoms with Gasteiger partial charge in [-0.05, 0) is 54.6 Å². The maximum atomic E-state index is 13.0. The van der Waals surface area contributed by atoms with E-state index in [4.69, 9.17) is 17.2 Å². The summed E-state index contributed by atoms with van der Waals surface area (Å²) in [5.41, 5.74) is 19.8. The number of nitrogens with zero attached hydrogens (tertiary/aromatic N) is 4. The lowest BCUT2D eigenvalue weighted by atomic mass is 9.93. The molecule has 4 rings (SSSR count). The highest BCUT2D eigenvalue weighted by molar-refractivity contribution is 6.09. The Balaban J connectivity index is 1.35. The summed E-state index contributed by atoms with van der Waals surface area (Å²) in [7, 11) is 0. The molecule has 0 unspecified atom stereocenters. The Morgan fingerprint density at radius 2 is 2.00 bits per heavy atom. The van der Waals surface area contributed by atoms with Crippen LogP contribution in [0.15, 0.2) is 71.1 Å². The van der Waals surface area contributed by atoms with E-state index in [1.807, 2.05) is 24.3 Å². The van der Waals surface area contributed by atoms with E-state index in [1.165, 1.54) is 12.4 Å². The fourth-order valence-electron chi connectivity index (χ4n) is 4.55. The predicted octanol–water partition coefficient (Wildman–Crippen LogP) is 2.02. The van der Waals surface area contributed by atoms with Gasteiger partial charge in [0.1, 0.15) is 11.4 Å². The third-order valence-electron chi connectivity index (χ3n) is 6.72. The molecule has 0 radical (unpaired) electrons. The second kappa shape index (κ2) is 12.3. The minimum atomic E-state index is -0.769. The molecule has 1 aliphatic carbocycles. The lowest BCUT2D eigenvalue weighted by Crippen LogP contribution is -2.50. The average Bonchev–Trinajstić information content (AvgIpc) is 3.72. The van der Waals surface area contributed by atoms with Crippen molar-refractivity contribution in [2.75, 3.05) is 29.9 Å². The lowest BCUT2D eigenvalue weighted by molar-refractivity contribution is -0.122. The number of hydrogen-bond acceptors (Lipinski definition) is 8. The Labute approximate surface area is 222 Å². The van der Waals surface area contributed by atoms with E-state index < -0.39 is 5.54 Å². The highest BCUT2D eigenvalue weighted by Gasteiger charge is 2.53. The molecular formula is C28H34N8O2. The second-order valence-electron chi connectivity index (χ2n) is 9.44. The molecular weight excluding hydrogens is 480 g/mol. The number of allylic oxidation sites excluding steroid dienone is 2. The number of pyridine rings is 1. The quantitative estimate of drug-likeness (QED) is 0.264. The van der Waals surface area contributed by atoms with Gasteiger partial charge in [0.05, 0.1) is 19.5 Å². The van der Waals surface area contributed by atoms with E-state index in [1.54, 1.807) is 41.7 Å². The number of nitrogens with one attached hydrogen (secondary N) is 1. The van der Waals surface area contributed by atoms with E-state index in [9.17, 15) is 9.59 Å². The van der Waals surface area contributed by atoms with Crippen molar-refractivity contribution in [3.63, 3.8) is 0 Å². The summed E-state index contributed by atoms with van der Waals surface area (Å²) in [6, 6.07) is 11.0. The second-order valence-corrected chi connectivity index (χ2v) is 9.44. The normalized spacial score (nSPS) is 20.3. The first-order valence-corrected chi connectivity index (χ1v) is 12.7. The number of rotatable bonds is 11. The fourth-order valence-corrected chi connectivity index (χ4v) is 4.55. The zero-order valence-electron chi connectivity index (χ0n) is 21.3. The van der Waals surface area contributed by atoms with Gasteiger partial charge in [-0.1, -0.05) is 24.3 Å². The summed E-state index contributed by atoms with van der Waals surface area (Å²) in [6.45, 7) is 1.61. The third kappa shape index (κ3) is 6.51. The summed E-state index contributed by atoms with van der Waals surface area (Å²) in [4.78, 5) is 40.3. The molecule has 2 amide bonds. The van der Waals surface area contributed by atoms with Crippen LogP contribution in [0.2, 0.25) is 0 Å². The number of anilines is 2. The van der Waals surface area contributed by atoms with Crippen molar-refractivity contribution in [2.45, 2.75) is 31.2 Å². The lowest BCUT2D eigenvalue weighted by Gasteiger charge is -2.23. The molecule has 1 aliphatic heterocycles. The number of aliphatic imine (C=N–C) groups is 2. The summed E-state index contributed by atoms with van der Waals surface area (Å²) in [5.74, 6) is 0.388. The van der Waals surface area contributed by atoms with Gasteiger partial charge in [-0.25, -0.2) is 4.98 Å². The van der Waals surface area contributed by atoms with Crippen molar-refractivity contribution >= 4 is 41.3 Å². The first-order chi connectivity index (χ1) is 18.4. The van der Waals surface area contributed by atoms with Crippen molar-refractivity contribution in [3.05, 3.63) is 72.2 Å². The molecule has 38 heavy (non-hydrogen) atoms. The average molecular weight is 515 g/mol. The Kier molecular flexibility index (Phi) is 8.65. The van der Waals surface area contributed by atoms with Crippen LogP contribution in [-0.2, 0) is 16.0 Å². The maximum Gasteiger partial charge on any atom is 0.247 e. The first kappa shape index (κ1) is 26.7. The Hall–Kier alpha value is -4.31. The van der Waals surface area contributed by atoms with Crippen LogP contribution < -0.4 is 27.4 Å². The summed E-state index contributed by atoms with van der Waals surface area (Å²) < 4.78 is 0. The van der Waals surface area contributed by atoms with Crippen LogP contribution >= 0.6 is 0 Å². The van der Waals surface area contributed by atoms with Gasteiger partial charge in [0.2, 0.25) is 11.8 Å². The van der Waals surface area contributed by atoms with Crippen LogP contribution in [0.1, 0.15) is 30.4 Å². The van der Waals surface area contributed by atoms with Crippen LogP contribution in [0.25, 0.3) is 5.57 Å².